The van der Waals surface area contributed by atoms with Crippen LogP contribution in [0.2, 0.25) is 0 Å². The lowest BCUT2D eigenvalue weighted by atomic mass is 9.79. The Morgan fingerprint density at radius 1 is 1.39 bits per heavy atom. The zero-order valence-corrected chi connectivity index (χ0v) is 14.9. The highest BCUT2D eigenvalue weighted by Gasteiger charge is 2.53. The molecule has 2 aliphatic rings. The molecule has 0 amide bonds. The number of rotatable bonds is 5. The molecule has 23 heavy (non-hydrogen) atoms. The number of ether oxygens (including phenoxy) is 2. The van der Waals surface area contributed by atoms with Crippen molar-refractivity contribution in [3.8, 4) is 5.75 Å². The maximum atomic E-state index is 9.74. The van der Waals surface area contributed by atoms with E-state index in [1.807, 2.05) is 23.9 Å². The third-order valence-corrected chi connectivity index (χ3v) is 6.52. The molecule has 1 saturated heterocycles. The molecule has 126 valence electrons. The summed E-state index contributed by atoms with van der Waals surface area (Å²) in [5, 5.41) is 13.6. The molecule has 0 aromatic heterocycles. The molecule has 1 aliphatic carbocycles. The highest BCUT2D eigenvalue weighted by atomic mass is 32.2. The molecule has 1 aromatic rings. The average molecular weight is 354 g/mol. The number of aliphatic hydroxyl groups excluding tert-OH is 1. The highest BCUT2D eigenvalue weighted by Crippen LogP contribution is 2.44. The Hall–Kier alpha value is -0.980. The molecule has 0 bridgehead atoms. The second kappa shape index (κ2) is 7.28. The lowest BCUT2D eigenvalue weighted by molar-refractivity contribution is 0.0155. The average Bonchev–Trinajstić information content (AvgIpc) is 2.90. The van der Waals surface area contributed by atoms with Crippen molar-refractivity contribution < 1.29 is 14.6 Å². The van der Waals surface area contributed by atoms with Crippen LogP contribution < -0.4 is 10.1 Å². The normalized spacial score (nSPS) is 30.1. The van der Waals surface area contributed by atoms with Crippen LogP contribution >= 0.6 is 24.0 Å². The van der Waals surface area contributed by atoms with Crippen molar-refractivity contribution in [2.45, 2.75) is 48.3 Å². The second-order valence-corrected chi connectivity index (χ2v) is 7.68. The number of methoxy groups -OCH3 is 1. The molecule has 0 radical (unpaired) electrons. The van der Waals surface area contributed by atoms with Crippen LogP contribution in [0, 0.1) is 0 Å². The van der Waals surface area contributed by atoms with Gasteiger partial charge in [0.25, 0.3) is 5.17 Å². The number of nitrogens with one attached hydrogen (secondary N) is 1. The molecule has 3 atom stereocenters. The van der Waals surface area contributed by atoms with Crippen molar-refractivity contribution in [1.82, 2.24) is 5.32 Å². The Morgan fingerprint density at radius 3 is 2.87 bits per heavy atom. The van der Waals surface area contributed by atoms with E-state index in [0.29, 0.717) is 10.4 Å². The molecule has 1 aliphatic heterocycles. The first-order chi connectivity index (χ1) is 11.2. The topological polar surface area (TPSA) is 50.7 Å². The molecule has 0 unspecified atom stereocenters. The van der Waals surface area contributed by atoms with Gasteiger partial charge < -0.3 is 19.9 Å². The Kier molecular flexibility index (Phi) is 5.34. The second-order valence-electron chi connectivity index (χ2n) is 6.12. The van der Waals surface area contributed by atoms with Crippen LogP contribution in [0.5, 0.6) is 5.75 Å². The predicted molar refractivity (Wildman–Crippen MR) is 97.0 cm³/mol. The van der Waals surface area contributed by atoms with E-state index in [0.717, 1.165) is 30.8 Å². The first kappa shape index (κ1) is 16.9. The third kappa shape index (κ3) is 3.44. The van der Waals surface area contributed by atoms with Gasteiger partial charge in [0, 0.05) is 11.0 Å². The van der Waals surface area contributed by atoms with Gasteiger partial charge in [-0.3, -0.25) is 0 Å². The summed E-state index contributed by atoms with van der Waals surface area (Å²) in [6, 6.07) is 8.09. The van der Waals surface area contributed by atoms with Crippen molar-refractivity contribution >= 4 is 29.2 Å². The van der Waals surface area contributed by atoms with E-state index in [4.69, 9.17) is 21.7 Å². The number of hydrogen-bond acceptors (Lipinski definition) is 5. The van der Waals surface area contributed by atoms with Crippen molar-refractivity contribution in [3.63, 3.8) is 0 Å². The van der Waals surface area contributed by atoms with Gasteiger partial charge in [-0.15, -0.1) is 11.8 Å². The fraction of sp³-hybridized carbons (Fsp3) is 0.588. The first-order valence-corrected chi connectivity index (χ1v) is 9.48. The van der Waals surface area contributed by atoms with Gasteiger partial charge in [0.1, 0.15) is 11.4 Å². The molecule has 1 spiro atoms. The minimum atomic E-state index is -0.360. The molecule has 1 saturated carbocycles. The van der Waals surface area contributed by atoms with Crippen LogP contribution in [-0.4, -0.2) is 40.9 Å². The smallest absolute Gasteiger partial charge is 0.257 e. The molecule has 4 nitrogen and oxygen atoms in total. The quantitative estimate of drug-likeness (QED) is 0.794. The van der Waals surface area contributed by atoms with Crippen molar-refractivity contribution in [2.75, 3.05) is 13.7 Å². The van der Waals surface area contributed by atoms with Gasteiger partial charge in [-0.05, 0) is 49.2 Å². The largest absolute Gasteiger partial charge is 0.497 e. The van der Waals surface area contributed by atoms with Gasteiger partial charge in [-0.2, -0.15) is 0 Å². The SMILES string of the molecule is COc1ccc(CS[C@H]2CCCC[C@@]23OC(=S)N[C@H]3CO)cc1. The lowest BCUT2D eigenvalue weighted by Crippen LogP contribution is -2.54. The highest BCUT2D eigenvalue weighted by molar-refractivity contribution is 7.99. The number of benzene rings is 1. The molecule has 2 fully saturated rings. The van der Waals surface area contributed by atoms with E-state index >= 15 is 0 Å². The zero-order valence-electron chi connectivity index (χ0n) is 13.3. The predicted octanol–water partition coefficient (Wildman–Crippen LogP) is 2.88. The summed E-state index contributed by atoms with van der Waals surface area (Å²) in [7, 11) is 1.68. The number of thioether (sulfide) groups is 1. The monoisotopic (exact) mass is 353 g/mol. The van der Waals surface area contributed by atoms with Crippen LogP contribution in [0.4, 0.5) is 0 Å². The number of thiocarbonyl (C=S) groups is 1. The van der Waals surface area contributed by atoms with Crippen LogP contribution in [0.1, 0.15) is 31.2 Å². The van der Waals surface area contributed by atoms with Gasteiger partial charge in [0.15, 0.2) is 0 Å². The van der Waals surface area contributed by atoms with Gasteiger partial charge in [-0.1, -0.05) is 18.6 Å². The first-order valence-electron chi connectivity index (χ1n) is 8.03. The van der Waals surface area contributed by atoms with Crippen LogP contribution in [0.15, 0.2) is 24.3 Å². The summed E-state index contributed by atoms with van der Waals surface area (Å²) >= 11 is 7.11. The summed E-state index contributed by atoms with van der Waals surface area (Å²) in [6.07, 6.45) is 4.38. The Morgan fingerprint density at radius 2 is 2.17 bits per heavy atom. The van der Waals surface area contributed by atoms with Crippen LogP contribution in [0.3, 0.4) is 0 Å². The molecule has 2 N–H and O–H groups in total. The summed E-state index contributed by atoms with van der Waals surface area (Å²) < 4.78 is 11.3. The Balaban J connectivity index is 1.70. The van der Waals surface area contributed by atoms with Crippen molar-refractivity contribution in [1.29, 1.82) is 0 Å². The fourth-order valence-corrected chi connectivity index (χ4v) is 5.36. The van der Waals surface area contributed by atoms with E-state index < -0.39 is 0 Å². The van der Waals surface area contributed by atoms with E-state index in [1.54, 1.807) is 7.11 Å². The van der Waals surface area contributed by atoms with E-state index in [9.17, 15) is 5.11 Å². The van der Waals surface area contributed by atoms with E-state index in [-0.39, 0.29) is 18.2 Å². The van der Waals surface area contributed by atoms with Crippen LogP contribution in [-0.2, 0) is 10.5 Å². The fourth-order valence-electron chi connectivity index (χ4n) is 3.53. The molecule has 6 heteroatoms. The number of hydrogen-bond donors (Lipinski definition) is 2. The van der Waals surface area contributed by atoms with Gasteiger partial charge in [0.2, 0.25) is 0 Å². The maximum Gasteiger partial charge on any atom is 0.257 e. The molecular weight excluding hydrogens is 330 g/mol. The molecule has 3 rings (SSSR count). The summed E-state index contributed by atoms with van der Waals surface area (Å²) in [4.78, 5) is 0. The molecule has 1 heterocycles. The minimum absolute atomic E-state index is 0.0553. The standard InChI is InChI=1S/C17H23NO3S2/c1-20-13-7-5-12(6-8-13)11-23-15-4-2-3-9-17(15)14(10-19)18-16(22)21-17/h5-8,14-15,19H,2-4,9-11H2,1H3,(H,18,22)/t14-,15-,17-/m0/s1. The maximum absolute atomic E-state index is 9.74. The Bertz CT molecular complexity index is 551. The molecule has 1 aromatic carbocycles. The van der Waals surface area contributed by atoms with E-state index in [2.05, 4.69) is 17.4 Å². The van der Waals surface area contributed by atoms with E-state index in [1.165, 1.54) is 12.0 Å². The van der Waals surface area contributed by atoms with Gasteiger partial charge in [0.05, 0.1) is 19.8 Å². The summed E-state index contributed by atoms with van der Waals surface area (Å²) in [5.41, 5.74) is 0.909. The molecular formula is C17H23NO3S2. The van der Waals surface area contributed by atoms with Gasteiger partial charge in [-0.25, -0.2) is 0 Å². The third-order valence-electron chi connectivity index (χ3n) is 4.79. The van der Waals surface area contributed by atoms with Crippen LogP contribution in [0.25, 0.3) is 0 Å². The number of aliphatic hydroxyl groups is 1. The Labute approximate surface area is 146 Å². The zero-order chi connectivity index (χ0) is 16.3. The lowest BCUT2D eigenvalue weighted by Gasteiger charge is -2.42. The minimum Gasteiger partial charge on any atom is -0.497 e. The van der Waals surface area contributed by atoms with Crippen molar-refractivity contribution in [2.24, 2.45) is 0 Å². The van der Waals surface area contributed by atoms with Gasteiger partial charge >= 0.3 is 0 Å². The van der Waals surface area contributed by atoms with Crippen molar-refractivity contribution in [3.05, 3.63) is 29.8 Å². The summed E-state index contributed by atoms with van der Waals surface area (Å²) in [6.45, 7) is 0.0553. The summed E-state index contributed by atoms with van der Waals surface area (Å²) in [5.74, 6) is 1.80.